The lowest BCUT2D eigenvalue weighted by molar-refractivity contribution is -0.385. The number of nitro groups is 1. The Kier molecular flexibility index (Phi) is 7.50. The Morgan fingerprint density at radius 2 is 1.79 bits per heavy atom. The van der Waals surface area contributed by atoms with Crippen LogP contribution in [0.2, 0.25) is 0 Å². The maximum Gasteiger partial charge on any atom is 0.311 e. The summed E-state index contributed by atoms with van der Waals surface area (Å²) >= 11 is 0. The summed E-state index contributed by atoms with van der Waals surface area (Å²) in [5, 5.41) is 15.3. The molecule has 8 nitrogen and oxygen atoms in total. The second-order valence-electron chi connectivity index (χ2n) is 5.88. The SMILES string of the molecule is CCCOc1ccc(C(=O)N/N=C(/C)c2ccc(OCC)c([N+](=O)[O-])c2)cc1. The minimum Gasteiger partial charge on any atom is -0.494 e. The molecule has 0 bridgehead atoms. The highest BCUT2D eigenvalue weighted by Crippen LogP contribution is 2.28. The summed E-state index contributed by atoms with van der Waals surface area (Å²) in [6, 6.07) is 11.3. The molecule has 0 radical (unpaired) electrons. The molecule has 0 saturated carbocycles. The van der Waals surface area contributed by atoms with E-state index in [1.165, 1.54) is 12.1 Å². The Labute approximate surface area is 163 Å². The van der Waals surface area contributed by atoms with Crippen LogP contribution >= 0.6 is 0 Å². The number of nitrogens with one attached hydrogen (secondary N) is 1. The van der Waals surface area contributed by atoms with Crippen molar-refractivity contribution in [1.82, 2.24) is 5.43 Å². The lowest BCUT2D eigenvalue weighted by Gasteiger charge is -2.07. The Hall–Kier alpha value is -3.42. The first-order valence-corrected chi connectivity index (χ1v) is 8.95. The summed E-state index contributed by atoms with van der Waals surface area (Å²) in [6.07, 6.45) is 0.903. The number of hydrogen-bond donors (Lipinski definition) is 1. The molecule has 0 atom stereocenters. The van der Waals surface area contributed by atoms with Crippen molar-refractivity contribution >= 4 is 17.3 Å². The molecule has 28 heavy (non-hydrogen) atoms. The molecule has 8 heteroatoms. The maximum atomic E-state index is 12.2. The summed E-state index contributed by atoms with van der Waals surface area (Å²) in [5.41, 5.74) is 3.68. The first-order chi connectivity index (χ1) is 13.5. The van der Waals surface area contributed by atoms with Crippen LogP contribution in [0.1, 0.15) is 43.1 Å². The van der Waals surface area contributed by atoms with Gasteiger partial charge >= 0.3 is 5.69 Å². The number of nitro benzene ring substituents is 1. The van der Waals surface area contributed by atoms with Crippen molar-refractivity contribution in [3.63, 3.8) is 0 Å². The fourth-order valence-electron chi connectivity index (χ4n) is 2.35. The standard InChI is InChI=1S/C20H23N3O5/c1-4-12-28-17-9-6-15(7-10-17)20(24)22-21-14(3)16-8-11-19(27-5-2)18(13-16)23(25)26/h6-11,13H,4-5,12H2,1-3H3,(H,22,24)/b21-14-. The van der Waals surface area contributed by atoms with Crippen LogP contribution in [0.5, 0.6) is 11.5 Å². The number of carbonyl (C=O) groups is 1. The minimum absolute atomic E-state index is 0.150. The van der Waals surface area contributed by atoms with Crippen molar-refractivity contribution in [2.45, 2.75) is 27.2 Å². The number of ether oxygens (including phenoxy) is 2. The number of carbonyl (C=O) groups excluding carboxylic acids is 1. The van der Waals surface area contributed by atoms with Gasteiger partial charge in [0.05, 0.1) is 23.8 Å². The second kappa shape index (κ2) is 10.1. The van der Waals surface area contributed by atoms with Gasteiger partial charge in [-0.25, -0.2) is 5.43 Å². The molecule has 2 aromatic carbocycles. The summed E-state index contributed by atoms with van der Waals surface area (Å²) in [4.78, 5) is 22.9. The molecule has 0 aliphatic carbocycles. The van der Waals surface area contributed by atoms with Gasteiger partial charge in [-0.15, -0.1) is 0 Å². The zero-order chi connectivity index (χ0) is 20.5. The molecule has 1 amide bonds. The Balaban J connectivity index is 2.10. The molecular weight excluding hydrogens is 362 g/mol. The Morgan fingerprint density at radius 1 is 1.11 bits per heavy atom. The first kappa shape index (κ1) is 20.9. The lowest BCUT2D eigenvalue weighted by Crippen LogP contribution is -2.19. The molecule has 0 heterocycles. The highest BCUT2D eigenvalue weighted by atomic mass is 16.6. The summed E-state index contributed by atoms with van der Waals surface area (Å²) in [6.45, 7) is 6.36. The predicted octanol–water partition coefficient (Wildman–Crippen LogP) is 3.94. The van der Waals surface area contributed by atoms with E-state index >= 15 is 0 Å². The third-order valence-electron chi connectivity index (χ3n) is 3.79. The van der Waals surface area contributed by atoms with Crippen molar-refractivity contribution in [1.29, 1.82) is 0 Å². The van der Waals surface area contributed by atoms with E-state index in [4.69, 9.17) is 9.47 Å². The highest BCUT2D eigenvalue weighted by molar-refractivity contribution is 6.01. The minimum atomic E-state index is -0.511. The van der Waals surface area contributed by atoms with Gasteiger partial charge in [0, 0.05) is 17.2 Å². The molecule has 0 spiro atoms. The zero-order valence-corrected chi connectivity index (χ0v) is 16.1. The average molecular weight is 385 g/mol. The molecule has 0 aromatic heterocycles. The van der Waals surface area contributed by atoms with E-state index in [-0.39, 0.29) is 17.3 Å². The number of hydrogen-bond acceptors (Lipinski definition) is 6. The molecule has 0 saturated heterocycles. The topological polar surface area (TPSA) is 103 Å². The van der Waals surface area contributed by atoms with Crippen molar-refractivity contribution in [3.8, 4) is 11.5 Å². The predicted molar refractivity (Wildman–Crippen MR) is 106 cm³/mol. The number of nitrogens with zero attached hydrogens (tertiary/aromatic N) is 2. The van der Waals surface area contributed by atoms with Crippen molar-refractivity contribution in [3.05, 3.63) is 63.7 Å². The van der Waals surface area contributed by atoms with E-state index in [1.54, 1.807) is 44.2 Å². The van der Waals surface area contributed by atoms with Crippen LogP contribution in [-0.2, 0) is 0 Å². The normalized spacial score (nSPS) is 11.0. The van der Waals surface area contributed by atoms with Gasteiger partial charge in [-0.2, -0.15) is 5.10 Å². The largest absolute Gasteiger partial charge is 0.494 e. The van der Waals surface area contributed by atoms with Crippen LogP contribution in [0, 0.1) is 10.1 Å². The van der Waals surface area contributed by atoms with E-state index < -0.39 is 4.92 Å². The number of hydrazone groups is 1. The van der Waals surface area contributed by atoms with Gasteiger partial charge in [-0.1, -0.05) is 6.92 Å². The van der Waals surface area contributed by atoms with Crippen molar-refractivity contribution in [2.24, 2.45) is 5.10 Å². The zero-order valence-electron chi connectivity index (χ0n) is 16.1. The van der Waals surface area contributed by atoms with Gasteiger partial charge in [0.25, 0.3) is 5.91 Å². The lowest BCUT2D eigenvalue weighted by atomic mass is 10.1. The molecule has 1 N–H and O–H groups in total. The number of benzene rings is 2. The number of rotatable bonds is 9. The van der Waals surface area contributed by atoms with Crippen molar-refractivity contribution in [2.75, 3.05) is 13.2 Å². The van der Waals surface area contributed by atoms with Gasteiger partial charge < -0.3 is 9.47 Å². The van der Waals surface area contributed by atoms with Crippen LogP contribution in [0.3, 0.4) is 0 Å². The van der Waals surface area contributed by atoms with E-state index in [2.05, 4.69) is 10.5 Å². The van der Waals surface area contributed by atoms with Gasteiger partial charge in [0.15, 0.2) is 5.75 Å². The van der Waals surface area contributed by atoms with E-state index in [0.717, 1.165) is 6.42 Å². The first-order valence-electron chi connectivity index (χ1n) is 8.95. The average Bonchev–Trinajstić information content (AvgIpc) is 2.71. The fourth-order valence-corrected chi connectivity index (χ4v) is 2.35. The van der Waals surface area contributed by atoms with Gasteiger partial charge in [-0.3, -0.25) is 14.9 Å². The number of amides is 1. The van der Waals surface area contributed by atoms with Gasteiger partial charge in [-0.05, 0) is 56.7 Å². The molecule has 2 aromatic rings. The second-order valence-corrected chi connectivity index (χ2v) is 5.88. The highest BCUT2D eigenvalue weighted by Gasteiger charge is 2.16. The van der Waals surface area contributed by atoms with Crippen LogP contribution in [0.15, 0.2) is 47.6 Å². The quantitative estimate of drug-likeness (QED) is 0.400. The maximum absolute atomic E-state index is 12.2. The van der Waals surface area contributed by atoms with Crippen LogP contribution in [-0.4, -0.2) is 29.8 Å². The summed E-state index contributed by atoms with van der Waals surface area (Å²) < 4.78 is 10.7. The van der Waals surface area contributed by atoms with Crippen LogP contribution in [0.25, 0.3) is 0 Å². The molecule has 0 unspecified atom stereocenters. The molecule has 148 valence electrons. The van der Waals surface area contributed by atoms with Crippen LogP contribution < -0.4 is 14.9 Å². The summed E-state index contributed by atoms with van der Waals surface area (Å²) in [5.74, 6) is 0.500. The van der Waals surface area contributed by atoms with Gasteiger partial charge in [0.2, 0.25) is 0 Å². The molecule has 0 fully saturated rings. The van der Waals surface area contributed by atoms with Gasteiger partial charge in [0.1, 0.15) is 5.75 Å². The molecule has 0 aliphatic rings. The van der Waals surface area contributed by atoms with E-state index in [9.17, 15) is 14.9 Å². The monoisotopic (exact) mass is 385 g/mol. The smallest absolute Gasteiger partial charge is 0.311 e. The van der Waals surface area contributed by atoms with E-state index in [1.807, 2.05) is 6.92 Å². The third-order valence-corrected chi connectivity index (χ3v) is 3.79. The fraction of sp³-hybridized carbons (Fsp3) is 0.300. The Morgan fingerprint density at radius 3 is 2.39 bits per heavy atom. The molecular formula is C20H23N3O5. The third kappa shape index (κ3) is 5.54. The van der Waals surface area contributed by atoms with Crippen LogP contribution in [0.4, 0.5) is 5.69 Å². The molecule has 2 rings (SSSR count). The molecule has 0 aliphatic heterocycles. The summed E-state index contributed by atoms with van der Waals surface area (Å²) in [7, 11) is 0. The van der Waals surface area contributed by atoms with E-state index in [0.29, 0.717) is 35.8 Å². The van der Waals surface area contributed by atoms with Crippen molar-refractivity contribution < 1.29 is 19.2 Å². The Bertz CT molecular complexity index is 863.